The maximum absolute atomic E-state index is 11.7. The summed E-state index contributed by atoms with van der Waals surface area (Å²) in [6.45, 7) is 11.9. The Balaban J connectivity index is 2.98. The first-order valence-electron chi connectivity index (χ1n) is 7.04. The molecule has 0 unspecified atom stereocenters. The number of anilines is 2. The Morgan fingerprint density at radius 2 is 1.81 bits per heavy atom. The maximum Gasteiger partial charge on any atom is 0.239 e. The van der Waals surface area contributed by atoms with Gasteiger partial charge in [0.05, 0.1) is 6.54 Å². The maximum atomic E-state index is 11.7. The number of hydrazine groups is 1. The number of nitrogens with two attached hydrogens (primary N) is 1. The van der Waals surface area contributed by atoms with Gasteiger partial charge in [-0.1, -0.05) is 20.8 Å². The molecule has 21 heavy (non-hydrogen) atoms. The van der Waals surface area contributed by atoms with Gasteiger partial charge < -0.3 is 16.1 Å². The third-order valence-electron chi connectivity index (χ3n) is 2.82. The first-order chi connectivity index (χ1) is 9.65. The number of hydrogen-bond acceptors (Lipinski definition) is 6. The topological polar surface area (TPSA) is 105 Å². The van der Waals surface area contributed by atoms with Crippen molar-refractivity contribution in [2.24, 2.45) is 5.84 Å². The zero-order chi connectivity index (χ0) is 16.2. The number of carbonyl (C=O) groups excluding carboxylic acids is 1. The van der Waals surface area contributed by atoms with Gasteiger partial charge in [-0.15, -0.1) is 0 Å². The van der Waals surface area contributed by atoms with Crippen LogP contribution in [0.5, 0.6) is 0 Å². The van der Waals surface area contributed by atoms with E-state index in [2.05, 4.69) is 26.0 Å². The lowest BCUT2D eigenvalue weighted by Crippen LogP contribution is -2.35. The molecule has 7 nitrogen and oxygen atoms in total. The molecule has 0 aromatic carbocycles. The molecule has 0 atom stereocenters. The molecule has 1 aromatic rings. The zero-order valence-electron chi connectivity index (χ0n) is 13.7. The lowest BCUT2D eigenvalue weighted by Gasteiger charge is -2.20. The van der Waals surface area contributed by atoms with Crippen LogP contribution in [0.4, 0.5) is 11.6 Å². The summed E-state index contributed by atoms with van der Waals surface area (Å²) in [5, 5.41) is 5.87. The predicted octanol–water partition coefficient (Wildman–Crippen LogP) is 1.30. The molecule has 1 heterocycles. The van der Waals surface area contributed by atoms with Crippen LogP contribution in [0.3, 0.4) is 0 Å². The molecular formula is C14H26N6O. The van der Waals surface area contributed by atoms with Gasteiger partial charge in [0.25, 0.3) is 0 Å². The second kappa shape index (κ2) is 6.71. The fourth-order valence-electron chi connectivity index (χ4n) is 1.70. The molecule has 0 spiro atoms. The average molecular weight is 294 g/mol. The standard InChI is InChI=1S/C14H26N6O/c1-8(2)17-10(21)7-16-11-9(3)12(20-15)19-13(18-11)14(4,5)6/h8H,7,15H2,1-6H3,(H,17,21)(H2,16,18,19,20). The summed E-state index contributed by atoms with van der Waals surface area (Å²) >= 11 is 0. The smallest absolute Gasteiger partial charge is 0.239 e. The molecule has 0 aliphatic heterocycles. The molecule has 5 N–H and O–H groups in total. The Morgan fingerprint density at radius 3 is 2.29 bits per heavy atom. The Hall–Kier alpha value is -1.89. The lowest BCUT2D eigenvalue weighted by molar-refractivity contribution is -0.119. The molecule has 0 radical (unpaired) electrons. The number of rotatable bonds is 5. The van der Waals surface area contributed by atoms with Crippen LogP contribution in [0, 0.1) is 6.92 Å². The van der Waals surface area contributed by atoms with Crippen molar-refractivity contribution >= 4 is 17.5 Å². The van der Waals surface area contributed by atoms with Crippen LogP contribution in [0.25, 0.3) is 0 Å². The van der Waals surface area contributed by atoms with E-state index >= 15 is 0 Å². The summed E-state index contributed by atoms with van der Waals surface area (Å²) in [6.07, 6.45) is 0. The summed E-state index contributed by atoms with van der Waals surface area (Å²) in [5.74, 6) is 7.26. The second-order valence-electron chi connectivity index (χ2n) is 6.34. The van der Waals surface area contributed by atoms with E-state index in [1.807, 2.05) is 41.5 Å². The van der Waals surface area contributed by atoms with Crippen LogP contribution in [0.2, 0.25) is 0 Å². The van der Waals surface area contributed by atoms with Crippen molar-refractivity contribution in [1.82, 2.24) is 15.3 Å². The Labute approximate surface area is 126 Å². The lowest BCUT2D eigenvalue weighted by atomic mass is 9.95. The number of nitrogens with zero attached hydrogens (tertiary/aromatic N) is 2. The monoisotopic (exact) mass is 294 g/mol. The predicted molar refractivity (Wildman–Crippen MR) is 85.0 cm³/mol. The van der Waals surface area contributed by atoms with Gasteiger partial charge in [0.1, 0.15) is 17.5 Å². The fraction of sp³-hybridized carbons (Fsp3) is 0.643. The van der Waals surface area contributed by atoms with Gasteiger partial charge in [-0.2, -0.15) is 0 Å². The van der Waals surface area contributed by atoms with E-state index in [9.17, 15) is 4.79 Å². The largest absolute Gasteiger partial charge is 0.361 e. The number of amides is 1. The highest BCUT2D eigenvalue weighted by Crippen LogP contribution is 2.25. The van der Waals surface area contributed by atoms with Gasteiger partial charge in [-0.3, -0.25) is 4.79 Å². The van der Waals surface area contributed by atoms with Crippen molar-refractivity contribution in [1.29, 1.82) is 0 Å². The highest BCUT2D eigenvalue weighted by atomic mass is 16.1. The van der Waals surface area contributed by atoms with Crippen LogP contribution < -0.4 is 21.9 Å². The highest BCUT2D eigenvalue weighted by Gasteiger charge is 2.21. The Kier molecular flexibility index (Phi) is 5.48. The SMILES string of the molecule is Cc1c(NN)nc(C(C)(C)C)nc1NCC(=O)NC(C)C. The molecule has 1 amide bonds. The number of aromatic nitrogens is 2. The average Bonchev–Trinajstić information content (AvgIpc) is 2.35. The Morgan fingerprint density at radius 1 is 1.24 bits per heavy atom. The minimum Gasteiger partial charge on any atom is -0.361 e. The van der Waals surface area contributed by atoms with Crippen LogP contribution in [0.15, 0.2) is 0 Å². The molecular weight excluding hydrogens is 268 g/mol. The van der Waals surface area contributed by atoms with E-state index in [0.29, 0.717) is 17.5 Å². The van der Waals surface area contributed by atoms with Crippen LogP contribution in [0.1, 0.15) is 46.0 Å². The molecule has 0 fully saturated rings. The number of carbonyl (C=O) groups is 1. The first-order valence-corrected chi connectivity index (χ1v) is 7.04. The number of nitrogen functional groups attached to an aromatic ring is 1. The van der Waals surface area contributed by atoms with E-state index in [1.54, 1.807) is 0 Å². The van der Waals surface area contributed by atoms with E-state index in [0.717, 1.165) is 5.56 Å². The molecule has 0 saturated heterocycles. The van der Waals surface area contributed by atoms with E-state index in [1.165, 1.54) is 0 Å². The van der Waals surface area contributed by atoms with E-state index < -0.39 is 0 Å². The summed E-state index contributed by atoms with van der Waals surface area (Å²) in [5.41, 5.74) is 3.14. The summed E-state index contributed by atoms with van der Waals surface area (Å²) in [6, 6.07) is 0.109. The van der Waals surface area contributed by atoms with E-state index in [-0.39, 0.29) is 23.9 Å². The molecule has 0 aliphatic rings. The van der Waals surface area contributed by atoms with Gasteiger partial charge in [0.15, 0.2) is 0 Å². The molecule has 1 aromatic heterocycles. The van der Waals surface area contributed by atoms with E-state index in [4.69, 9.17) is 5.84 Å². The molecule has 0 saturated carbocycles. The molecule has 0 bridgehead atoms. The third kappa shape index (κ3) is 4.86. The molecule has 7 heteroatoms. The zero-order valence-corrected chi connectivity index (χ0v) is 13.7. The van der Waals surface area contributed by atoms with Crippen molar-refractivity contribution in [3.05, 3.63) is 11.4 Å². The van der Waals surface area contributed by atoms with Gasteiger partial charge in [0.2, 0.25) is 5.91 Å². The van der Waals surface area contributed by atoms with Crippen molar-refractivity contribution in [3.8, 4) is 0 Å². The fourth-order valence-corrected chi connectivity index (χ4v) is 1.70. The summed E-state index contributed by atoms with van der Waals surface area (Å²) < 4.78 is 0. The van der Waals surface area contributed by atoms with Crippen LogP contribution >= 0.6 is 0 Å². The summed E-state index contributed by atoms with van der Waals surface area (Å²) in [4.78, 5) is 20.6. The minimum absolute atomic E-state index is 0.0809. The quantitative estimate of drug-likeness (QED) is 0.482. The van der Waals surface area contributed by atoms with Gasteiger partial charge in [-0.25, -0.2) is 15.8 Å². The van der Waals surface area contributed by atoms with Crippen molar-refractivity contribution in [3.63, 3.8) is 0 Å². The van der Waals surface area contributed by atoms with Gasteiger partial charge in [0, 0.05) is 17.0 Å². The summed E-state index contributed by atoms with van der Waals surface area (Å²) in [7, 11) is 0. The van der Waals surface area contributed by atoms with Crippen LogP contribution in [-0.2, 0) is 10.2 Å². The first kappa shape index (κ1) is 17.2. The Bertz CT molecular complexity index is 507. The normalized spacial score (nSPS) is 11.4. The van der Waals surface area contributed by atoms with Gasteiger partial charge >= 0.3 is 0 Å². The van der Waals surface area contributed by atoms with Gasteiger partial charge in [-0.05, 0) is 20.8 Å². The number of hydrogen-bond donors (Lipinski definition) is 4. The molecule has 1 rings (SSSR count). The van der Waals surface area contributed by atoms with Crippen molar-refractivity contribution < 1.29 is 4.79 Å². The van der Waals surface area contributed by atoms with Crippen molar-refractivity contribution in [2.45, 2.75) is 53.0 Å². The van der Waals surface area contributed by atoms with Crippen molar-refractivity contribution in [2.75, 3.05) is 17.3 Å². The third-order valence-corrected chi connectivity index (χ3v) is 2.82. The second-order valence-corrected chi connectivity index (χ2v) is 6.34. The number of nitrogens with one attached hydrogen (secondary N) is 3. The molecule has 0 aliphatic carbocycles. The highest BCUT2D eigenvalue weighted by molar-refractivity contribution is 5.81. The molecule has 118 valence electrons. The minimum atomic E-state index is -0.212. The van der Waals surface area contributed by atoms with Crippen LogP contribution in [-0.4, -0.2) is 28.5 Å².